The van der Waals surface area contributed by atoms with Crippen molar-refractivity contribution in [2.24, 2.45) is 0 Å². The van der Waals surface area contributed by atoms with Gasteiger partial charge in [-0.15, -0.1) is 0 Å². The number of aryl methyl sites for hydroxylation is 1. The molecule has 0 aliphatic carbocycles. The van der Waals surface area contributed by atoms with Crippen LogP contribution in [0.4, 0.5) is 0 Å². The number of benzene rings is 1. The summed E-state index contributed by atoms with van der Waals surface area (Å²) in [5.41, 5.74) is 2.91. The van der Waals surface area contributed by atoms with Gasteiger partial charge in [0.05, 0.1) is 0 Å². The van der Waals surface area contributed by atoms with Gasteiger partial charge in [0.15, 0.2) is 0 Å². The molecule has 2 heterocycles. The summed E-state index contributed by atoms with van der Waals surface area (Å²) in [7, 11) is 0. The van der Waals surface area contributed by atoms with Crippen LogP contribution in [0.25, 0.3) is 0 Å². The van der Waals surface area contributed by atoms with Gasteiger partial charge >= 0.3 is 0 Å². The molecule has 114 valence electrons. The molecule has 1 N–H and O–H groups in total. The molecule has 3 rings (SSSR count). The molecule has 0 saturated carbocycles. The predicted molar refractivity (Wildman–Crippen MR) is 84.1 cm³/mol. The first-order valence-corrected chi connectivity index (χ1v) is 8.10. The van der Waals surface area contributed by atoms with Crippen LogP contribution in [0.15, 0.2) is 24.3 Å². The fourth-order valence-electron chi connectivity index (χ4n) is 3.29. The molecule has 0 atom stereocenters. The highest BCUT2D eigenvalue weighted by Crippen LogP contribution is 2.18. The number of nitrogens with zero attached hydrogens (tertiary/aromatic N) is 2. The number of fused-ring (bicyclic) bond motifs is 1. The number of carbonyl (C=O) groups excluding carboxylic acids is 1. The summed E-state index contributed by atoms with van der Waals surface area (Å²) >= 11 is 0. The predicted octanol–water partition coefficient (Wildman–Crippen LogP) is 1.26. The number of hydrogen-bond acceptors (Lipinski definition) is 3. The van der Waals surface area contributed by atoms with Crippen LogP contribution >= 0.6 is 0 Å². The molecule has 0 bridgehead atoms. The van der Waals surface area contributed by atoms with E-state index in [1.807, 2.05) is 4.90 Å². The highest BCUT2D eigenvalue weighted by Gasteiger charge is 2.18. The van der Waals surface area contributed by atoms with E-state index in [2.05, 4.69) is 34.5 Å². The van der Waals surface area contributed by atoms with Gasteiger partial charge in [-0.2, -0.15) is 0 Å². The van der Waals surface area contributed by atoms with E-state index >= 15 is 0 Å². The van der Waals surface area contributed by atoms with Crippen LogP contribution in [-0.2, 0) is 17.8 Å². The van der Waals surface area contributed by atoms with Gasteiger partial charge in [0.1, 0.15) is 0 Å². The maximum Gasteiger partial charge on any atom is 0.223 e. The summed E-state index contributed by atoms with van der Waals surface area (Å²) in [6, 6.07) is 8.72. The monoisotopic (exact) mass is 287 g/mol. The van der Waals surface area contributed by atoms with E-state index in [1.54, 1.807) is 0 Å². The van der Waals surface area contributed by atoms with Crippen LogP contribution in [0.5, 0.6) is 0 Å². The average Bonchev–Trinajstić information content (AvgIpc) is 2.75. The highest BCUT2D eigenvalue weighted by atomic mass is 16.2. The molecule has 0 unspecified atom stereocenters. The third-order valence-corrected chi connectivity index (χ3v) is 4.54. The molecule has 0 aromatic heterocycles. The van der Waals surface area contributed by atoms with Crippen molar-refractivity contribution in [2.75, 3.05) is 39.3 Å². The van der Waals surface area contributed by atoms with E-state index in [0.29, 0.717) is 12.3 Å². The first-order chi connectivity index (χ1) is 10.3. The molecule has 1 fully saturated rings. The summed E-state index contributed by atoms with van der Waals surface area (Å²) in [4.78, 5) is 16.7. The second-order valence-electron chi connectivity index (χ2n) is 6.03. The molecule has 0 spiro atoms. The van der Waals surface area contributed by atoms with Crippen LogP contribution < -0.4 is 5.32 Å². The number of nitrogens with one attached hydrogen (secondary N) is 1. The van der Waals surface area contributed by atoms with Gasteiger partial charge in [0, 0.05) is 45.7 Å². The molecule has 4 nitrogen and oxygen atoms in total. The molecular weight excluding hydrogens is 262 g/mol. The maximum atomic E-state index is 12.2. The molecule has 1 aromatic carbocycles. The molecule has 2 aliphatic heterocycles. The summed E-state index contributed by atoms with van der Waals surface area (Å²) in [6.45, 7) is 6.57. The van der Waals surface area contributed by atoms with Gasteiger partial charge in [-0.25, -0.2) is 0 Å². The zero-order chi connectivity index (χ0) is 14.5. The number of carbonyl (C=O) groups is 1. The Kier molecular flexibility index (Phi) is 4.88. The van der Waals surface area contributed by atoms with Crippen molar-refractivity contribution in [3.05, 3.63) is 35.4 Å². The van der Waals surface area contributed by atoms with Crippen LogP contribution in [0.1, 0.15) is 24.0 Å². The van der Waals surface area contributed by atoms with Crippen molar-refractivity contribution in [2.45, 2.75) is 25.8 Å². The van der Waals surface area contributed by atoms with Crippen molar-refractivity contribution >= 4 is 5.91 Å². The second kappa shape index (κ2) is 7.05. The van der Waals surface area contributed by atoms with Crippen molar-refractivity contribution in [3.8, 4) is 0 Å². The van der Waals surface area contributed by atoms with Gasteiger partial charge < -0.3 is 10.2 Å². The Labute approximate surface area is 127 Å². The van der Waals surface area contributed by atoms with Crippen LogP contribution in [0.2, 0.25) is 0 Å². The molecular formula is C17H25N3O. The van der Waals surface area contributed by atoms with Crippen molar-refractivity contribution in [1.29, 1.82) is 0 Å². The Bertz CT molecular complexity index is 483. The fourth-order valence-corrected chi connectivity index (χ4v) is 3.29. The molecule has 21 heavy (non-hydrogen) atoms. The molecule has 1 saturated heterocycles. The molecule has 2 aliphatic rings. The number of piperazine rings is 1. The van der Waals surface area contributed by atoms with E-state index in [1.165, 1.54) is 24.0 Å². The van der Waals surface area contributed by atoms with Crippen molar-refractivity contribution in [3.63, 3.8) is 0 Å². The smallest absolute Gasteiger partial charge is 0.223 e. The van der Waals surface area contributed by atoms with Gasteiger partial charge in [-0.3, -0.25) is 9.69 Å². The van der Waals surface area contributed by atoms with Crippen LogP contribution in [0.3, 0.4) is 0 Å². The Morgan fingerprint density at radius 3 is 2.67 bits per heavy atom. The quantitative estimate of drug-likeness (QED) is 0.909. The van der Waals surface area contributed by atoms with E-state index in [0.717, 1.165) is 45.8 Å². The summed E-state index contributed by atoms with van der Waals surface area (Å²) in [5, 5.41) is 3.29. The third kappa shape index (κ3) is 3.83. The molecule has 0 radical (unpaired) electrons. The van der Waals surface area contributed by atoms with Gasteiger partial charge in [0.2, 0.25) is 5.91 Å². The topological polar surface area (TPSA) is 35.6 Å². The minimum absolute atomic E-state index is 0.314. The summed E-state index contributed by atoms with van der Waals surface area (Å²) < 4.78 is 0. The van der Waals surface area contributed by atoms with Gasteiger partial charge in [-0.05, 0) is 30.5 Å². The minimum Gasteiger partial charge on any atom is -0.340 e. The lowest BCUT2D eigenvalue weighted by Gasteiger charge is -2.28. The van der Waals surface area contributed by atoms with E-state index < -0.39 is 0 Å². The Hall–Kier alpha value is -1.39. The van der Waals surface area contributed by atoms with Crippen LogP contribution in [-0.4, -0.2) is 55.0 Å². The Morgan fingerprint density at radius 1 is 1.10 bits per heavy atom. The molecule has 1 aromatic rings. The standard InChI is InChI=1S/C17H25N3O/c21-17(20-12-8-18-9-13-20)7-11-19-10-3-6-15-4-1-2-5-16(15)14-19/h1-2,4-5,18H,3,6-14H2. The largest absolute Gasteiger partial charge is 0.340 e. The maximum absolute atomic E-state index is 12.2. The Balaban J connectivity index is 1.52. The van der Waals surface area contributed by atoms with Gasteiger partial charge in [0.25, 0.3) is 0 Å². The van der Waals surface area contributed by atoms with Crippen LogP contribution in [0, 0.1) is 0 Å². The van der Waals surface area contributed by atoms with Crippen molar-refractivity contribution in [1.82, 2.24) is 15.1 Å². The molecule has 4 heteroatoms. The zero-order valence-electron chi connectivity index (χ0n) is 12.7. The normalized spacial score (nSPS) is 19.9. The van der Waals surface area contributed by atoms with E-state index in [-0.39, 0.29) is 0 Å². The second-order valence-corrected chi connectivity index (χ2v) is 6.03. The lowest BCUT2D eigenvalue weighted by Crippen LogP contribution is -2.47. The fraction of sp³-hybridized carbons (Fsp3) is 0.588. The number of hydrogen-bond donors (Lipinski definition) is 1. The third-order valence-electron chi connectivity index (χ3n) is 4.54. The lowest BCUT2D eigenvalue weighted by molar-refractivity contribution is -0.132. The lowest BCUT2D eigenvalue weighted by atomic mass is 10.0. The SMILES string of the molecule is O=C(CCN1CCCc2ccccc2C1)N1CCNCC1. The van der Waals surface area contributed by atoms with E-state index in [4.69, 9.17) is 0 Å². The summed E-state index contributed by atoms with van der Waals surface area (Å²) in [6.07, 6.45) is 3.01. The first kappa shape index (κ1) is 14.5. The number of rotatable bonds is 3. The highest BCUT2D eigenvalue weighted by molar-refractivity contribution is 5.76. The Morgan fingerprint density at radius 2 is 1.86 bits per heavy atom. The first-order valence-electron chi connectivity index (χ1n) is 8.10. The van der Waals surface area contributed by atoms with Crippen molar-refractivity contribution < 1.29 is 4.79 Å². The molecule has 1 amide bonds. The average molecular weight is 287 g/mol. The number of amides is 1. The zero-order valence-corrected chi connectivity index (χ0v) is 12.7. The minimum atomic E-state index is 0.314. The van der Waals surface area contributed by atoms with Gasteiger partial charge in [-0.1, -0.05) is 24.3 Å². The van der Waals surface area contributed by atoms with E-state index in [9.17, 15) is 4.79 Å². The summed E-state index contributed by atoms with van der Waals surface area (Å²) in [5.74, 6) is 0.314.